The van der Waals surface area contributed by atoms with E-state index in [4.69, 9.17) is 16.3 Å². The number of hydrogen-bond acceptors (Lipinski definition) is 5. The number of rotatable bonds is 9. The number of aryl methyl sites for hydroxylation is 1. The first-order valence-corrected chi connectivity index (χ1v) is 12.0. The molecule has 3 aromatic rings. The lowest BCUT2D eigenvalue weighted by molar-refractivity contribution is 0.480. The van der Waals surface area contributed by atoms with E-state index in [1.807, 2.05) is 38.1 Å². The number of sulfonamides is 1. The average molecular weight is 470 g/mol. The molecule has 0 aliphatic heterocycles. The van der Waals surface area contributed by atoms with Gasteiger partial charge in [-0.2, -0.15) is 5.26 Å². The maximum absolute atomic E-state index is 12.7. The average Bonchev–Trinajstić information content (AvgIpc) is 2.77. The maximum atomic E-state index is 12.7. The van der Waals surface area contributed by atoms with Gasteiger partial charge in [0, 0.05) is 25.3 Å². The fraction of sp³-hybridized carbons (Fsp3) is 0.208. The minimum atomic E-state index is -3.67. The van der Waals surface area contributed by atoms with E-state index in [0.717, 1.165) is 17.8 Å². The summed E-state index contributed by atoms with van der Waals surface area (Å²) < 4.78 is 33.7. The number of ether oxygens (including phenoxy) is 1. The van der Waals surface area contributed by atoms with Crippen molar-refractivity contribution < 1.29 is 13.2 Å². The minimum absolute atomic E-state index is 0.134. The number of benzene rings is 3. The number of nitriles is 1. The number of nitrogens with zero attached hydrogens (tertiary/aromatic N) is 2. The van der Waals surface area contributed by atoms with Gasteiger partial charge in [0.1, 0.15) is 23.1 Å². The smallest absolute Gasteiger partial charge is 0.240 e. The van der Waals surface area contributed by atoms with Crippen LogP contribution in [0.15, 0.2) is 71.6 Å². The van der Waals surface area contributed by atoms with Crippen molar-refractivity contribution in [3.63, 3.8) is 0 Å². The Morgan fingerprint density at radius 2 is 1.81 bits per heavy atom. The SMILES string of the molecule is CCN(CCNS(=O)(=O)c1ccc(Oc2cccc(Cl)c2C#N)cc1)c1cccc(C)c1. The fourth-order valence-corrected chi connectivity index (χ4v) is 4.43. The normalized spacial score (nSPS) is 11.1. The van der Waals surface area contributed by atoms with Gasteiger partial charge in [-0.05, 0) is 67.9 Å². The van der Waals surface area contributed by atoms with Gasteiger partial charge in [0.25, 0.3) is 0 Å². The zero-order valence-corrected chi connectivity index (χ0v) is 19.4. The van der Waals surface area contributed by atoms with Crippen molar-refractivity contribution in [2.45, 2.75) is 18.7 Å². The molecule has 0 amide bonds. The Hall–Kier alpha value is -3.05. The van der Waals surface area contributed by atoms with Gasteiger partial charge in [-0.3, -0.25) is 0 Å². The predicted molar refractivity (Wildman–Crippen MR) is 127 cm³/mol. The first kappa shape index (κ1) is 23.6. The van der Waals surface area contributed by atoms with E-state index in [9.17, 15) is 13.7 Å². The molecule has 0 aliphatic carbocycles. The van der Waals surface area contributed by atoms with Gasteiger partial charge in [-0.15, -0.1) is 0 Å². The second kappa shape index (κ2) is 10.5. The first-order valence-electron chi connectivity index (χ1n) is 10.1. The Balaban J connectivity index is 1.64. The van der Waals surface area contributed by atoms with Gasteiger partial charge in [-0.1, -0.05) is 29.8 Å². The molecule has 8 heteroatoms. The van der Waals surface area contributed by atoms with Crippen molar-refractivity contribution in [2.24, 2.45) is 0 Å². The van der Waals surface area contributed by atoms with Crippen LogP contribution in [0.5, 0.6) is 11.5 Å². The summed E-state index contributed by atoms with van der Waals surface area (Å²) in [6.07, 6.45) is 0. The van der Waals surface area contributed by atoms with Crippen LogP contribution in [0.1, 0.15) is 18.1 Å². The van der Waals surface area contributed by atoms with E-state index in [2.05, 4.69) is 15.7 Å². The Kier molecular flexibility index (Phi) is 7.75. The summed E-state index contributed by atoms with van der Waals surface area (Å²) in [5.41, 5.74) is 2.44. The van der Waals surface area contributed by atoms with Crippen molar-refractivity contribution in [1.82, 2.24) is 4.72 Å². The van der Waals surface area contributed by atoms with Crippen LogP contribution in [0.3, 0.4) is 0 Å². The minimum Gasteiger partial charge on any atom is -0.456 e. The molecule has 0 radical (unpaired) electrons. The summed E-state index contributed by atoms with van der Waals surface area (Å²) in [5.74, 6) is 0.712. The maximum Gasteiger partial charge on any atom is 0.240 e. The van der Waals surface area contributed by atoms with Gasteiger partial charge in [-0.25, -0.2) is 13.1 Å². The second-order valence-electron chi connectivity index (χ2n) is 7.11. The Bertz CT molecular complexity index is 1220. The summed E-state index contributed by atoms with van der Waals surface area (Å²) >= 11 is 6.02. The molecule has 6 nitrogen and oxygen atoms in total. The summed E-state index contributed by atoms with van der Waals surface area (Å²) in [7, 11) is -3.67. The monoisotopic (exact) mass is 469 g/mol. The van der Waals surface area contributed by atoms with E-state index < -0.39 is 10.0 Å². The molecule has 0 heterocycles. The molecule has 32 heavy (non-hydrogen) atoms. The molecule has 0 fully saturated rings. The number of nitrogens with one attached hydrogen (secondary N) is 1. The second-order valence-corrected chi connectivity index (χ2v) is 9.29. The summed E-state index contributed by atoms with van der Waals surface area (Å²) in [4.78, 5) is 2.25. The summed E-state index contributed by atoms with van der Waals surface area (Å²) in [6.45, 7) is 5.65. The number of hydrogen-bond donors (Lipinski definition) is 1. The van der Waals surface area contributed by atoms with Crippen LogP contribution in [-0.4, -0.2) is 28.1 Å². The van der Waals surface area contributed by atoms with E-state index in [0.29, 0.717) is 23.1 Å². The summed E-state index contributed by atoms with van der Waals surface area (Å²) in [5, 5.41) is 9.54. The quantitative estimate of drug-likeness (QED) is 0.470. The molecular formula is C24H24ClN3O3S. The molecular weight excluding hydrogens is 446 g/mol. The third kappa shape index (κ3) is 5.80. The Morgan fingerprint density at radius 3 is 2.47 bits per heavy atom. The van der Waals surface area contributed by atoms with Crippen LogP contribution >= 0.6 is 11.6 Å². The van der Waals surface area contributed by atoms with E-state index in [1.165, 1.54) is 12.1 Å². The largest absolute Gasteiger partial charge is 0.456 e. The highest BCUT2D eigenvalue weighted by atomic mass is 35.5. The fourth-order valence-electron chi connectivity index (χ4n) is 3.20. The number of likely N-dealkylation sites (N-methyl/N-ethyl adjacent to an activating group) is 1. The molecule has 1 N–H and O–H groups in total. The summed E-state index contributed by atoms with van der Waals surface area (Å²) in [6, 6.07) is 21.0. The molecule has 0 saturated heterocycles. The molecule has 0 aromatic heterocycles. The lowest BCUT2D eigenvalue weighted by atomic mass is 10.2. The van der Waals surface area contributed by atoms with Gasteiger partial charge in [0.15, 0.2) is 0 Å². The zero-order chi connectivity index (χ0) is 23.1. The lowest BCUT2D eigenvalue weighted by Crippen LogP contribution is -2.35. The molecule has 0 unspecified atom stereocenters. The van der Waals surface area contributed by atoms with Crippen LogP contribution in [0, 0.1) is 18.3 Å². The topological polar surface area (TPSA) is 82.4 Å². The van der Waals surface area contributed by atoms with Crippen molar-refractivity contribution in [1.29, 1.82) is 5.26 Å². The van der Waals surface area contributed by atoms with Crippen molar-refractivity contribution >= 4 is 27.3 Å². The highest BCUT2D eigenvalue weighted by molar-refractivity contribution is 7.89. The van der Waals surface area contributed by atoms with E-state index in [-0.39, 0.29) is 17.0 Å². The number of halogens is 1. The molecule has 3 aromatic carbocycles. The molecule has 0 atom stereocenters. The zero-order valence-electron chi connectivity index (χ0n) is 17.9. The third-order valence-electron chi connectivity index (χ3n) is 4.87. The van der Waals surface area contributed by atoms with Gasteiger partial charge < -0.3 is 9.64 Å². The van der Waals surface area contributed by atoms with E-state index >= 15 is 0 Å². The lowest BCUT2D eigenvalue weighted by Gasteiger charge is -2.23. The molecule has 0 aliphatic rings. The van der Waals surface area contributed by atoms with Crippen molar-refractivity contribution in [3.05, 3.63) is 82.9 Å². The van der Waals surface area contributed by atoms with Crippen LogP contribution < -0.4 is 14.4 Å². The Labute approximate surface area is 194 Å². The molecule has 166 valence electrons. The van der Waals surface area contributed by atoms with Crippen molar-refractivity contribution in [3.8, 4) is 17.6 Å². The van der Waals surface area contributed by atoms with Crippen LogP contribution in [-0.2, 0) is 10.0 Å². The number of anilines is 1. The molecule has 0 spiro atoms. The predicted octanol–water partition coefficient (Wildman–Crippen LogP) is 5.12. The third-order valence-corrected chi connectivity index (χ3v) is 6.66. The van der Waals surface area contributed by atoms with Crippen LogP contribution in [0.2, 0.25) is 5.02 Å². The molecule has 0 bridgehead atoms. The van der Waals surface area contributed by atoms with Gasteiger partial charge >= 0.3 is 0 Å². The Morgan fingerprint density at radius 1 is 1.09 bits per heavy atom. The first-order chi connectivity index (χ1) is 15.3. The van der Waals surface area contributed by atoms with Crippen LogP contribution in [0.25, 0.3) is 0 Å². The van der Waals surface area contributed by atoms with Gasteiger partial charge in [0.05, 0.1) is 9.92 Å². The highest BCUT2D eigenvalue weighted by Gasteiger charge is 2.15. The van der Waals surface area contributed by atoms with Gasteiger partial charge in [0.2, 0.25) is 10.0 Å². The standard InChI is InChI=1S/C24H24ClN3O3S/c1-3-28(19-7-4-6-18(2)16-19)15-14-27-32(29,30)21-12-10-20(11-13-21)31-24-9-5-8-23(25)22(24)17-26/h4-13,16,27H,3,14-15H2,1-2H3. The van der Waals surface area contributed by atoms with Crippen molar-refractivity contribution in [2.75, 3.05) is 24.5 Å². The molecule has 0 saturated carbocycles. The van der Waals surface area contributed by atoms with E-state index in [1.54, 1.807) is 30.3 Å². The molecule has 3 rings (SSSR count). The van der Waals surface area contributed by atoms with Crippen LogP contribution in [0.4, 0.5) is 5.69 Å². The highest BCUT2D eigenvalue weighted by Crippen LogP contribution is 2.30.